The molecule has 64 valence electrons. The molecule has 12 heavy (non-hydrogen) atoms. The fourth-order valence-electron chi connectivity index (χ4n) is 1.53. The third-order valence-electron chi connectivity index (χ3n) is 2.15. The van der Waals surface area contributed by atoms with Crippen molar-refractivity contribution in [3.05, 3.63) is 28.2 Å². The number of benzene rings is 1. The number of aliphatic hydroxyl groups excluding tert-OH is 1. The Bertz CT molecular complexity index is 301. The Morgan fingerprint density at radius 1 is 1.58 bits per heavy atom. The van der Waals surface area contributed by atoms with Gasteiger partial charge in [-0.05, 0) is 24.1 Å². The van der Waals surface area contributed by atoms with Gasteiger partial charge < -0.3 is 10.4 Å². The SMILES string of the molecule is OCC1Cc2c(Br)cccc2N1. The van der Waals surface area contributed by atoms with Crippen molar-refractivity contribution in [2.24, 2.45) is 0 Å². The van der Waals surface area contributed by atoms with Crippen LogP contribution in [0, 0.1) is 0 Å². The number of hydrogen-bond acceptors (Lipinski definition) is 2. The Morgan fingerprint density at radius 3 is 3.08 bits per heavy atom. The summed E-state index contributed by atoms with van der Waals surface area (Å²) in [7, 11) is 0. The van der Waals surface area contributed by atoms with Gasteiger partial charge in [-0.2, -0.15) is 0 Å². The average molecular weight is 228 g/mol. The number of rotatable bonds is 1. The van der Waals surface area contributed by atoms with E-state index in [0.717, 1.165) is 16.6 Å². The molecule has 0 saturated heterocycles. The molecule has 1 heterocycles. The molecule has 0 spiro atoms. The molecule has 0 aliphatic carbocycles. The van der Waals surface area contributed by atoms with Crippen LogP contribution in [0.4, 0.5) is 5.69 Å². The van der Waals surface area contributed by atoms with Crippen molar-refractivity contribution in [1.82, 2.24) is 0 Å². The Labute approximate surface area is 79.7 Å². The Hall–Kier alpha value is -0.540. The number of fused-ring (bicyclic) bond motifs is 1. The predicted molar refractivity (Wildman–Crippen MR) is 52.3 cm³/mol. The van der Waals surface area contributed by atoms with Crippen LogP contribution >= 0.6 is 15.9 Å². The van der Waals surface area contributed by atoms with Crippen LogP contribution < -0.4 is 5.32 Å². The maximum Gasteiger partial charge on any atom is 0.0636 e. The van der Waals surface area contributed by atoms with Gasteiger partial charge in [0.05, 0.1) is 12.6 Å². The van der Waals surface area contributed by atoms with E-state index in [1.54, 1.807) is 0 Å². The fourth-order valence-corrected chi connectivity index (χ4v) is 2.06. The molecule has 0 fully saturated rings. The summed E-state index contributed by atoms with van der Waals surface area (Å²) in [5.41, 5.74) is 2.42. The van der Waals surface area contributed by atoms with Gasteiger partial charge in [-0.1, -0.05) is 22.0 Å². The van der Waals surface area contributed by atoms with Crippen molar-refractivity contribution in [3.8, 4) is 0 Å². The van der Waals surface area contributed by atoms with Gasteiger partial charge in [0.2, 0.25) is 0 Å². The van der Waals surface area contributed by atoms with E-state index < -0.39 is 0 Å². The van der Waals surface area contributed by atoms with Gasteiger partial charge in [-0.3, -0.25) is 0 Å². The lowest BCUT2D eigenvalue weighted by molar-refractivity contribution is 0.277. The van der Waals surface area contributed by atoms with Gasteiger partial charge in [0.1, 0.15) is 0 Å². The van der Waals surface area contributed by atoms with Crippen molar-refractivity contribution in [2.45, 2.75) is 12.5 Å². The minimum absolute atomic E-state index is 0.193. The maximum absolute atomic E-state index is 8.95. The van der Waals surface area contributed by atoms with E-state index in [1.165, 1.54) is 5.56 Å². The first-order valence-corrected chi connectivity index (χ1v) is 4.75. The zero-order chi connectivity index (χ0) is 8.55. The first-order valence-electron chi connectivity index (χ1n) is 3.96. The molecule has 1 aliphatic heterocycles. The summed E-state index contributed by atoms with van der Waals surface area (Å²) in [5, 5.41) is 12.2. The summed E-state index contributed by atoms with van der Waals surface area (Å²) in [5.74, 6) is 0. The highest BCUT2D eigenvalue weighted by Crippen LogP contribution is 2.31. The van der Waals surface area contributed by atoms with Crippen molar-refractivity contribution in [3.63, 3.8) is 0 Å². The smallest absolute Gasteiger partial charge is 0.0636 e. The average Bonchev–Trinajstić information content (AvgIpc) is 2.49. The summed E-state index contributed by atoms with van der Waals surface area (Å²) in [4.78, 5) is 0. The van der Waals surface area contributed by atoms with Crippen molar-refractivity contribution in [2.75, 3.05) is 11.9 Å². The number of aliphatic hydroxyl groups is 1. The molecular weight excluding hydrogens is 218 g/mol. The second-order valence-corrected chi connectivity index (χ2v) is 3.85. The molecule has 1 atom stereocenters. The first kappa shape index (κ1) is 8.08. The Morgan fingerprint density at radius 2 is 2.42 bits per heavy atom. The summed E-state index contributed by atoms with van der Waals surface area (Å²) in [6.45, 7) is 0.196. The van der Waals surface area contributed by atoms with Crippen LogP contribution in [0.25, 0.3) is 0 Å². The molecule has 2 rings (SSSR count). The molecule has 1 aromatic rings. The van der Waals surface area contributed by atoms with Crippen molar-refractivity contribution >= 4 is 21.6 Å². The normalized spacial score (nSPS) is 20.3. The zero-order valence-corrected chi connectivity index (χ0v) is 8.13. The lowest BCUT2D eigenvalue weighted by Gasteiger charge is -2.04. The number of hydrogen-bond donors (Lipinski definition) is 2. The summed E-state index contributed by atoms with van der Waals surface area (Å²) in [6.07, 6.45) is 0.910. The minimum atomic E-state index is 0.193. The van der Waals surface area contributed by atoms with Crippen LogP contribution in [0.1, 0.15) is 5.56 Å². The highest BCUT2D eigenvalue weighted by molar-refractivity contribution is 9.10. The van der Waals surface area contributed by atoms with Crippen LogP contribution in [-0.4, -0.2) is 17.8 Å². The number of nitrogens with one attached hydrogen (secondary N) is 1. The van der Waals surface area contributed by atoms with Crippen LogP contribution in [0.2, 0.25) is 0 Å². The first-order chi connectivity index (χ1) is 5.81. The molecule has 1 aliphatic rings. The third-order valence-corrected chi connectivity index (χ3v) is 2.89. The second-order valence-electron chi connectivity index (χ2n) is 2.99. The molecule has 2 nitrogen and oxygen atoms in total. The van der Waals surface area contributed by atoms with Gasteiger partial charge in [-0.25, -0.2) is 0 Å². The molecule has 1 aromatic carbocycles. The van der Waals surface area contributed by atoms with Crippen LogP contribution in [0.3, 0.4) is 0 Å². The maximum atomic E-state index is 8.95. The van der Waals surface area contributed by atoms with Crippen LogP contribution in [0.15, 0.2) is 22.7 Å². The van der Waals surface area contributed by atoms with E-state index in [-0.39, 0.29) is 12.6 Å². The lowest BCUT2D eigenvalue weighted by Crippen LogP contribution is -2.19. The molecule has 0 saturated carbocycles. The zero-order valence-electron chi connectivity index (χ0n) is 6.55. The fraction of sp³-hybridized carbons (Fsp3) is 0.333. The highest BCUT2D eigenvalue weighted by atomic mass is 79.9. The Balaban J connectivity index is 2.35. The Kier molecular flexibility index (Phi) is 2.07. The standard InChI is InChI=1S/C9H10BrNO/c10-8-2-1-3-9-7(8)4-6(5-12)11-9/h1-3,6,11-12H,4-5H2. The molecule has 0 amide bonds. The summed E-state index contributed by atoms with van der Waals surface area (Å²) < 4.78 is 1.13. The van der Waals surface area contributed by atoms with Gasteiger partial charge in [0, 0.05) is 10.2 Å². The van der Waals surface area contributed by atoms with E-state index in [2.05, 4.69) is 21.2 Å². The van der Waals surface area contributed by atoms with E-state index >= 15 is 0 Å². The lowest BCUT2D eigenvalue weighted by atomic mass is 10.1. The van der Waals surface area contributed by atoms with E-state index in [9.17, 15) is 0 Å². The predicted octanol–water partition coefficient (Wildman–Crippen LogP) is 1.78. The van der Waals surface area contributed by atoms with Gasteiger partial charge in [-0.15, -0.1) is 0 Å². The van der Waals surface area contributed by atoms with E-state index in [1.807, 2.05) is 18.2 Å². The molecular formula is C9H10BrNO. The largest absolute Gasteiger partial charge is 0.394 e. The van der Waals surface area contributed by atoms with Gasteiger partial charge in [0.25, 0.3) is 0 Å². The molecule has 0 bridgehead atoms. The summed E-state index contributed by atoms with van der Waals surface area (Å²) >= 11 is 3.48. The second kappa shape index (κ2) is 3.07. The van der Waals surface area contributed by atoms with Crippen LogP contribution in [-0.2, 0) is 6.42 Å². The molecule has 1 unspecified atom stereocenters. The van der Waals surface area contributed by atoms with Crippen molar-refractivity contribution in [1.29, 1.82) is 0 Å². The molecule has 2 N–H and O–H groups in total. The topological polar surface area (TPSA) is 32.3 Å². The van der Waals surface area contributed by atoms with Crippen LogP contribution in [0.5, 0.6) is 0 Å². The van der Waals surface area contributed by atoms with E-state index in [4.69, 9.17) is 5.11 Å². The summed E-state index contributed by atoms with van der Waals surface area (Å²) in [6, 6.07) is 6.25. The third kappa shape index (κ3) is 1.23. The number of anilines is 1. The monoisotopic (exact) mass is 227 g/mol. The van der Waals surface area contributed by atoms with Gasteiger partial charge >= 0.3 is 0 Å². The number of halogens is 1. The van der Waals surface area contributed by atoms with E-state index in [0.29, 0.717) is 0 Å². The van der Waals surface area contributed by atoms with Gasteiger partial charge in [0.15, 0.2) is 0 Å². The minimum Gasteiger partial charge on any atom is -0.394 e. The molecule has 0 radical (unpaired) electrons. The molecule has 0 aromatic heterocycles. The quantitative estimate of drug-likeness (QED) is 0.767. The van der Waals surface area contributed by atoms with Crippen molar-refractivity contribution < 1.29 is 5.11 Å². The molecule has 3 heteroatoms. The highest BCUT2D eigenvalue weighted by Gasteiger charge is 2.20.